The second-order valence-electron chi connectivity index (χ2n) is 5.47. The molecule has 1 heterocycles. The Kier molecular flexibility index (Phi) is 5.92. The van der Waals surface area contributed by atoms with Crippen LogP contribution in [0, 0.1) is 5.92 Å². The lowest BCUT2D eigenvalue weighted by Gasteiger charge is -2.24. The van der Waals surface area contributed by atoms with E-state index in [4.69, 9.17) is 4.74 Å². The third-order valence-electron chi connectivity index (χ3n) is 3.47. The van der Waals surface area contributed by atoms with Gasteiger partial charge in [0, 0.05) is 13.7 Å². The van der Waals surface area contributed by atoms with Crippen molar-refractivity contribution in [3.05, 3.63) is 0 Å². The monoisotopic (exact) mass is 242 g/mol. The van der Waals surface area contributed by atoms with Crippen LogP contribution in [0.15, 0.2) is 0 Å². The predicted molar refractivity (Wildman–Crippen MR) is 68.9 cm³/mol. The molecule has 0 spiro atoms. The summed E-state index contributed by atoms with van der Waals surface area (Å²) in [6.45, 7) is 6.90. The first kappa shape index (κ1) is 14.5. The molecule has 0 saturated carbocycles. The number of methoxy groups -OCH3 is 1. The highest BCUT2D eigenvalue weighted by molar-refractivity contribution is 5.76. The molecule has 4 nitrogen and oxygen atoms in total. The fourth-order valence-corrected chi connectivity index (χ4v) is 2.11. The fourth-order valence-electron chi connectivity index (χ4n) is 2.11. The van der Waals surface area contributed by atoms with Crippen LogP contribution in [0.4, 0.5) is 0 Å². The molecule has 1 amide bonds. The smallest absolute Gasteiger partial charge is 0.222 e. The van der Waals surface area contributed by atoms with Crippen LogP contribution in [0.5, 0.6) is 0 Å². The van der Waals surface area contributed by atoms with E-state index in [1.807, 2.05) is 13.8 Å². The average molecular weight is 242 g/mol. The molecule has 4 heteroatoms. The maximum atomic E-state index is 11.7. The second-order valence-corrected chi connectivity index (χ2v) is 5.47. The van der Waals surface area contributed by atoms with Gasteiger partial charge >= 0.3 is 0 Å². The minimum Gasteiger partial charge on any atom is -0.378 e. The van der Waals surface area contributed by atoms with Crippen LogP contribution < -0.4 is 10.6 Å². The van der Waals surface area contributed by atoms with Gasteiger partial charge in [-0.05, 0) is 52.1 Å². The SMILES string of the molecule is COC(C)(C)CC(=O)NCCC1CCNCC1. The van der Waals surface area contributed by atoms with Gasteiger partial charge in [0.15, 0.2) is 0 Å². The summed E-state index contributed by atoms with van der Waals surface area (Å²) in [5, 5.41) is 6.33. The maximum Gasteiger partial charge on any atom is 0.222 e. The van der Waals surface area contributed by atoms with Crippen LogP contribution in [-0.2, 0) is 9.53 Å². The Morgan fingerprint density at radius 1 is 1.41 bits per heavy atom. The molecule has 0 aromatic heterocycles. The number of piperidine rings is 1. The van der Waals surface area contributed by atoms with E-state index < -0.39 is 0 Å². The molecule has 17 heavy (non-hydrogen) atoms. The lowest BCUT2D eigenvalue weighted by Crippen LogP contribution is -2.35. The summed E-state index contributed by atoms with van der Waals surface area (Å²) in [4.78, 5) is 11.7. The molecule has 0 aromatic rings. The highest BCUT2D eigenvalue weighted by Gasteiger charge is 2.21. The highest BCUT2D eigenvalue weighted by atomic mass is 16.5. The van der Waals surface area contributed by atoms with Gasteiger partial charge in [-0.2, -0.15) is 0 Å². The van der Waals surface area contributed by atoms with E-state index in [-0.39, 0.29) is 11.5 Å². The van der Waals surface area contributed by atoms with Crippen LogP contribution in [-0.4, -0.2) is 38.3 Å². The number of nitrogens with one attached hydrogen (secondary N) is 2. The molecule has 0 bridgehead atoms. The van der Waals surface area contributed by atoms with Crippen molar-refractivity contribution >= 4 is 5.91 Å². The summed E-state index contributed by atoms with van der Waals surface area (Å²) in [7, 11) is 1.64. The minimum atomic E-state index is -0.362. The fraction of sp³-hybridized carbons (Fsp3) is 0.923. The van der Waals surface area contributed by atoms with Crippen molar-refractivity contribution in [2.24, 2.45) is 5.92 Å². The first-order chi connectivity index (χ1) is 8.03. The van der Waals surface area contributed by atoms with E-state index in [0.717, 1.165) is 32.0 Å². The Balaban J connectivity index is 2.11. The summed E-state index contributed by atoms with van der Waals surface area (Å²) < 4.78 is 5.24. The zero-order valence-corrected chi connectivity index (χ0v) is 11.3. The van der Waals surface area contributed by atoms with Crippen LogP contribution in [0.25, 0.3) is 0 Å². The molecule has 0 radical (unpaired) electrons. The minimum absolute atomic E-state index is 0.0887. The summed E-state index contributed by atoms with van der Waals surface area (Å²) in [6, 6.07) is 0. The van der Waals surface area contributed by atoms with E-state index in [1.54, 1.807) is 7.11 Å². The van der Waals surface area contributed by atoms with Crippen molar-refractivity contribution in [1.82, 2.24) is 10.6 Å². The topological polar surface area (TPSA) is 50.4 Å². The first-order valence-electron chi connectivity index (χ1n) is 6.56. The average Bonchev–Trinajstić information content (AvgIpc) is 2.30. The number of rotatable bonds is 6. The van der Waals surface area contributed by atoms with Gasteiger partial charge in [0.05, 0.1) is 12.0 Å². The highest BCUT2D eigenvalue weighted by Crippen LogP contribution is 2.15. The number of carbonyl (C=O) groups is 1. The van der Waals surface area contributed by atoms with Gasteiger partial charge in [0.25, 0.3) is 0 Å². The molecular weight excluding hydrogens is 216 g/mol. The number of carbonyl (C=O) groups excluding carboxylic acids is 1. The van der Waals surface area contributed by atoms with Crippen molar-refractivity contribution < 1.29 is 9.53 Å². The molecule has 0 aliphatic carbocycles. The Morgan fingerprint density at radius 3 is 2.65 bits per heavy atom. The van der Waals surface area contributed by atoms with Gasteiger partial charge < -0.3 is 15.4 Å². The van der Waals surface area contributed by atoms with Crippen LogP contribution in [0.2, 0.25) is 0 Å². The molecule has 1 aliphatic heterocycles. The zero-order valence-electron chi connectivity index (χ0n) is 11.3. The zero-order chi connectivity index (χ0) is 12.7. The number of hydrogen-bond acceptors (Lipinski definition) is 3. The number of amides is 1. The Morgan fingerprint density at radius 2 is 2.06 bits per heavy atom. The third-order valence-corrected chi connectivity index (χ3v) is 3.47. The van der Waals surface area contributed by atoms with E-state index >= 15 is 0 Å². The first-order valence-corrected chi connectivity index (χ1v) is 6.56. The van der Waals surface area contributed by atoms with Crippen molar-refractivity contribution in [2.45, 2.75) is 45.1 Å². The maximum absolute atomic E-state index is 11.7. The molecule has 100 valence electrons. The summed E-state index contributed by atoms with van der Waals surface area (Å²) in [5.41, 5.74) is -0.362. The molecular formula is C13H26N2O2. The largest absolute Gasteiger partial charge is 0.378 e. The predicted octanol–water partition coefficient (Wildman–Crippen LogP) is 1.31. The lowest BCUT2D eigenvalue weighted by atomic mass is 9.95. The third kappa shape index (κ3) is 6.03. The van der Waals surface area contributed by atoms with Gasteiger partial charge in [-0.3, -0.25) is 4.79 Å². The normalized spacial score (nSPS) is 18.1. The molecule has 0 atom stereocenters. The quantitative estimate of drug-likeness (QED) is 0.738. The number of hydrogen-bond donors (Lipinski definition) is 2. The van der Waals surface area contributed by atoms with Crippen molar-refractivity contribution in [2.75, 3.05) is 26.7 Å². The molecule has 2 N–H and O–H groups in total. The summed E-state index contributed by atoms with van der Waals surface area (Å²) >= 11 is 0. The van der Waals surface area contributed by atoms with Gasteiger partial charge in [-0.1, -0.05) is 0 Å². The van der Waals surface area contributed by atoms with Crippen molar-refractivity contribution in [3.63, 3.8) is 0 Å². The Bertz CT molecular complexity index is 236. The van der Waals surface area contributed by atoms with Crippen molar-refractivity contribution in [1.29, 1.82) is 0 Å². The van der Waals surface area contributed by atoms with Gasteiger partial charge in [-0.25, -0.2) is 0 Å². The molecule has 1 saturated heterocycles. The van der Waals surface area contributed by atoms with Crippen molar-refractivity contribution in [3.8, 4) is 0 Å². The molecule has 1 fully saturated rings. The molecule has 1 rings (SSSR count). The molecule has 1 aliphatic rings. The van der Waals surface area contributed by atoms with E-state index in [1.165, 1.54) is 12.8 Å². The van der Waals surface area contributed by atoms with Gasteiger partial charge in [-0.15, -0.1) is 0 Å². The molecule has 0 aromatic carbocycles. The van der Waals surface area contributed by atoms with E-state index in [0.29, 0.717) is 6.42 Å². The van der Waals surface area contributed by atoms with E-state index in [2.05, 4.69) is 10.6 Å². The van der Waals surface area contributed by atoms with E-state index in [9.17, 15) is 4.79 Å². The van der Waals surface area contributed by atoms with Crippen LogP contribution >= 0.6 is 0 Å². The van der Waals surface area contributed by atoms with Gasteiger partial charge in [0.2, 0.25) is 5.91 Å². The van der Waals surface area contributed by atoms with Crippen LogP contribution in [0.3, 0.4) is 0 Å². The second kappa shape index (κ2) is 6.97. The molecule has 0 unspecified atom stereocenters. The van der Waals surface area contributed by atoms with Crippen LogP contribution in [0.1, 0.15) is 39.5 Å². The number of ether oxygens (including phenoxy) is 1. The lowest BCUT2D eigenvalue weighted by molar-refractivity contribution is -0.126. The Hall–Kier alpha value is -0.610. The Labute approximate surface area is 104 Å². The summed E-state index contributed by atoms with van der Waals surface area (Å²) in [6.07, 6.45) is 4.00. The van der Waals surface area contributed by atoms with Gasteiger partial charge in [0.1, 0.15) is 0 Å². The summed E-state index contributed by atoms with van der Waals surface area (Å²) in [5.74, 6) is 0.859. The standard InChI is InChI=1S/C13H26N2O2/c1-13(2,17-3)10-12(16)15-9-6-11-4-7-14-8-5-11/h11,14H,4-10H2,1-3H3,(H,15,16).